The summed E-state index contributed by atoms with van der Waals surface area (Å²) in [5.41, 5.74) is 1.17. The summed E-state index contributed by atoms with van der Waals surface area (Å²) in [6, 6.07) is 8.22. The molecule has 0 fully saturated rings. The second-order valence-electron chi connectivity index (χ2n) is 4.85. The van der Waals surface area contributed by atoms with Crippen molar-refractivity contribution < 1.29 is 0 Å². The van der Waals surface area contributed by atoms with Gasteiger partial charge in [-0.2, -0.15) is 0 Å². The minimum Gasteiger partial charge on any atom is -0.360 e. The number of halogens is 1. The SMILES string of the molecule is CCCCCC(C)NC(=S)NCc1ccc(Cl)cc1. The standard InChI is InChI=1S/C15H23ClN2S/c1-3-4-5-6-12(2)18-15(19)17-11-13-7-9-14(16)10-8-13/h7-10,12H,3-6,11H2,1-2H3,(H2,17,18,19). The van der Waals surface area contributed by atoms with E-state index in [0.717, 1.165) is 23.1 Å². The molecule has 2 N–H and O–H groups in total. The van der Waals surface area contributed by atoms with Crippen molar-refractivity contribution in [2.24, 2.45) is 0 Å². The van der Waals surface area contributed by atoms with Crippen LogP contribution in [0.5, 0.6) is 0 Å². The van der Waals surface area contributed by atoms with Gasteiger partial charge in [0, 0.05) is 17.6 Å². The zero-order valence-electron chi connectivity index (χ0n) is 11.7. The third kappa shape index (κ3) is 7.38. The molecule has 0 radical (unpaired) electrons. The van der Waals surface area contributed by atoms with Crippen LogP contribution in [-0.4, -0.2) is 11.2 Å². The highest BCUT2D eigenvalue weighted by atomic mass is 35.5. The molecule has 0 aromatic heterocycles. The maximum Gasteiger partial charge on any atom is 0.166 e. The van der Waals surface area contributed by atoms with Crippen molar-refractivity contribution >= 4 is 28.9 Å². The summed E-state index contributed by atoms with van der Waals surface area (Å²) in [4.78, 5) is 0. The van der Waals surface area contributed by atoms with Gasteiger partial charge in [-0.1, -0.05) is 49.9 Å². The van der Waals surface area contributed by atoms with E-state index in [0.29, 0.717) is 6.04 Å². The molecular formula is C15H23ClN2S. The van der Waals surface area contributed by atoms with Crippen molar-refractivity contribution in [1.82, 2.24) is 10.6 Å². The van der Waals surface area contributed by atoms with E-state index in [1.807, 2.05) is 24.3 Å². The van der Waals surface area contributed by atoms with E-state index in [-0.39, 0.29) is 0 Å². The number of hydrogen-bond donors (Lipinski definition) is 2. The quantitative estimate of drug-likeness (QED) is 0.580. The number of thiocarbonyl (C=S) groups is 1. The fourth-order valence-corrected chi connectivity index (χ4v) is 2.23. The first-order valence-electron chi connectivity index (χ1n) is 6.90. The Bertz CT molecular complexity index is 378. The highest BCUT2D eigenvalue weighted by Crippen LogP contribution is 2.09. The van der Waals surface area contributed by atoms with E-state index < -0.39 is 0 Å². The lowest BCUT2D eigenvalue weighted by atomic mass is 10.1. The number of unbranched alkanes of at least 4 members (excludes halogenated alkanes) is 2. The molecule has 1 aromatic carbocycles. The van der Waals surface area contributed by atoms with Crippen LogP contribution < -0.4 is 10.6 Å². The van der Waals surface area contributed by atoms with E-state index >= 15 is 0 Å². The van der Waals surface area contributed by atoms with Crippen LogP contribution in [0.15, 0.2) is 24.3 Å². The summed E-state index contributed by atoms with van der Waals surface area (Å²) in [6.07, 6.45) is 4.96. The van der Waals surface area contributed by atoms with Crippen molar-refractivity contribution in [2.75, 3.05) is 0 Å². The van der Waals surface area contributed by atoms with Crippen LogP contribution in [-0.2, 0) is 6.54 Å². The summed E-state index contributed by atoms with van der Waals surface area (Å²) in [6.45, 7) is 5.12. The van der Waals surface area contributed by atoms with Gasteiger partial charge < -0.3 is 10.6 Å². The molecule has 4 heteroatoms. The summed E-state index contributed by atoms with van der Waals surface area (Å²) in [5, 5.41) is 8.01. The largest absolute Gasteiger partial charge is 0.360 e. The zero-order valence-corrected chi connectivity index (χ0v) is 13.3. The van der Waals surface area contributed by atoms with Gasteiger partial charge in [0.2, 0.25) is 0 Å². The van der Waals surface area contributed by atoms with Gasteiger partial charge in [-0.3, -0.25) is 0 Å². The Hall–Kier alpha value is -0.800. The zero-order chi connectivity index (χ0) is 14.1. The molecule has 19 heavy (non-hydrogen) atoms. The molecule has 0 heterocycles. The van der Waals surface area contributed by atoms with Gasteiger partial charge in [-0.25, -0.2) is 0 Å². The maximum atomic E-state index is 5.85. The van der Waals surface area contributed by atoms with Gasteiger partial charge in [0.15, 0.2) is 5.11 Å². The Morgan fingerprint density at radius 2 is 1.95 bits per heavy atom. The van der Waals surface area contributed by atoms with Gasteiger partial charge >= 0.3 is 0 Å². The number of hydrogen-bond acceptors (Lipinski definition) is 1. The van der Waals surface area contributed by atoms with Crippen molar-refractivity contribution in [1.29, 1.82) is 0 Å². The summed E-state index contributed by atoms with van der Waals surface area (Å²) in [7, 11) is 0. The summed E-state index contributed by atoms with van der Waals surface area (Å²) in [5.74, 6) is 0. The van der Waals surface area contributed by atoms with E-state index in [4.69, 9.17) is 23.8 Å². The topological polar surface area (TPSA) is 24.1 Å². The van der Waals surface area contributed by atoms with Crippen LogP contribution in [0.25, 0.3) is 0 Å². The first-order valence-corrected chi connectivity index (χ1v) is 7.69. The molecular weight excluding hydrogens is 276 g/mol. The number of benzene rings is 1. The van der Waals surface area contributed by atoms with Crippen molar-refractivity contribution in [3.8, 4) is 0 Å². The first kappa shape index (κ1) is 16.3. The number of rotatable bonds is 7. The van der Waals surface area contributed by atoms with Crippen molar-refractivity contribution in [3.05, 3.63) is 34.9 Å². The molecule has 1 aromatic rings. The van der Waals surface area contributed by atoms with Crippen molar-refractivity contribution in [3.63, 3.8) is 0 Å². The predicted octanol–water partition coefficient (Wildman–Crippen LogP) is 4.27. The van der Waals surface area contributed by atoms with E-state index in [1.165, 1.54) is 24.8 Å². The lowest BCUT2D eigenvalue weighted by Gasteiger charge is -2.16. The van der Waals surface area contributed by atoms with E-state index in [1.54, 1.807) is 0 Å². The number of nitrogens with one attached hydrogen (secondary N) is 2. The minimum absolute atomic E-state index is 0.428. The first-order chi connectivity index (χ1) is 9.11. The molecule has 0 saturated carbocycles. The van der Waals surface area contributed by atoms with E-state index in [9.17, 15) is 0 Å². The second kappa shape index (κ2) is 9.16. The molecule has 2 nitrogen and oxygen atoms in total. The molecule has 0 spiro atoms. The fourth-order valence-electron chi connectivity index (χ4n) is 1.83. The van der Waals surface area contributed by atoms with Gasteiger partial charge in [0.25, 0.3) is 0 Å². The highest BCUT2D eigenvalue weighted by Gasteiger charge is 2.03. The fraction of sp³-hybridized carbons (Fsp3) is 0.533. The lowest BCUT2D eigenvalue weighted by Crippen LogP contribution is -2.40. The van der Waals surface area contributed by atoms with Crippen LogP contribution in [0.4, 0.5) is 0 Å². The van der Waals surface area contributed by atoms with Crippen LogP contribution in [0.2, 0.25) is 5.02 Å². The van der Waals surface area contributed by atoms with E-state index in [2.05, 4.69) is 24.5 Å². The normalized spacial score (nSPS) is 11.9. The molecule has 0 aliphatic carbocycles. The smallest absolute Gasteiger partial charge is 0.166 e. The van der Waals surface area contributed by atoms with Crippen LogP contribution >= 0.6 is 23.8 Å². The van der Waals surface area contributed by atoms with Crippen molar-refractivity contribution in [2.45, 2.75) is 52.1 Å². The third-order valence-electron chi connectivity index (χ3n) is 2.98. The van der Waals surface area contributed by atoms with Crippen LogP contribution in [0, 0.1) is 0 Å². The summed E-state index contributed by atoms with van der Waals surface area (Å²) < 4.78 is 0. The molecule has 0 bridgehead atoms. The highest BCUT2D eigenvalue weighted by molar-refractivity contribution is 7.80. The monoisotopic (exact) mass is 298 g/mol. The molecule has 1 unspecified atom stereocenters. The molecule has 106 valence electrons. The third-order valence-corrected chi connectivity index (χ3v) is 3.50. The summed E-state index contributed by atoms with van der Waals surface area (Å²) >= 11 is 11.1. The molecule has 0 aliphatic heterocycles. The molecule has 0 aliphatic rings. The van der Waals surface area contributed by atoms with Gasteiger partial charge in [0.1, 0.15) is 0 Å². The molecule has 1 atom stereocenters. The van der Waals surface area contributed by atoms with Gasteiger partial charge in [-0.05, 0) is 43.3 Å². The Balaban J connectivity index is 2.22. The van der Waals surface area contributed by atoms with Gasteiger partial charge in [0.05, 0.1) is 0 Å². The Morgan fingerprint density at radius 1 is 1.26 bits per heavy atom. The Morgan fingerprint density at radius 3 is 2.58 bits per heavy atom. The molecule has 0 saturated heterocycles. The second-order valence-corrected chi connectivity index (χ2v) is 5.69. The lowest BCUT2D eigenvalue weighted by molar-refractivity contribution is 0.550. The van der Waals surface area contributed by atoms with Gasteiger partial charge in [-0.15, -0.1) is 0 Å². The van der Waals surface area contributed by atoms with Crippen LogP contribution in [0.1, 0.15) is 45.1 Å². The average Bonchev–Trinajstić information content (AvgIpc) is 2.38. The Kier molecular flexibility index (Phi) is 7.84. The molecule has 1 rings (SSSR count). The predicted molar refractivity (Wildman–Crippen MR) is 87.6 cm³/mol. The Labute approximate surface area is 126 Å². The molecule has 0 amide bonds. The maximum absolute atomic E-state index is 5.85. The minimum atomic E-state index is 0.428. The van der Waals surface area contributed by atoms with Crippen LogP contribution in [0.3, 0.4) is 0 Å². The average molecular weight is 299 g/mol.